The number of carbonyl (C=O) groups excluding carboxylic acids is 1. The summed E-state index contributed by atoms with van der Waals surface area (Å²) >= 11 is 0. The molecule has 32 heavy (non-hydrogen) atoms. The third-order valence-corrected chi connectivity index (χ3v) is 8.39. The molecule has 1 aromatic carbocycles. The van der Waals surface area contributed by atoms with Crippen LogP contribution in [0.15, 0.2) is 29.2 Å². The summed E-state index contributed by atoms with van der Waals surface area (Å²) in [6, 6.07) is 5.84. The minimum Gasteiger partial charge on any atom is -0.455 e. The van der Waals surface area contributed by atoms with Crippen molar-refractivity contribution in [3.8, 4) is 0 Å². The van der Waals surface area contributed by atoms with Gasteiger partial charge in [-0.1, -0.05) is 0 Å². The number of hydrogen-bond acceptors (Lipinski definition) is 7. The van der Waals surface area contributed by atoms with Gasteiger partial charge in [-0.2, -0.15) is 4.98 Å². The number of halogens is 1. The zero-order valence-corrected chi connectivity index (χ0v) is 19.2. The Labute approximate surface area is 190 Å². The van der Waals surface area contributed by atoms with Gasteiger partial charge in [-0.15, -0.1) is 0 Å². The third kappa shape index (κ3) is 4.15. The Hall–Kier alpha value is -2.39. The van der Waals surface area contributed by atoms with Gasteiger partial charge in [0.05, 0.1) is 18.7 Å². The van der Waals surface area contributed by atoms with E-state index in [1.54, 1.807) is 0 Å². The number of aryl methyl sites for hydroxylation is 1. The fraction of sp³-hybridized carbons (Fsp3) is 0.522. The van der Waals surface area contributed by atoms with Crippen LogP contribution in [0.3, 0.4) is 0 Å². The second-order valence-electron chi connectivity index (χ2n) is 8.61. The maximum absolute atomic E-state index is 13.1. The van der Waals surface area contributed by atoms with Crippen LogP contribution >= 0.6 is 0 Å². The molecule has 0 N–H and O–H groups in total. The summed E-state index contributed by atoms with van der Waals surface area (Å²) in [5.74, 6) is 2.08. The minimum atomic E-state index is -0.431. The Morgan fingerprint density at radius 1 is 1.22 bits per heavy atom. The standard InChI is InChI=1S/C23H28FN4O3S/c1-27(17-7-10-30-11-8-17)21-20-19(9-12-32(20)2)25-23(26-21)28-13-18(14-28)31-22(29)15-3-5-16(24)6-4-15/h3-6,17-18H,7-14H2,1-2H3/q+1. The minimum absolute atomic E-state index is 0.160. The summed E-state index contributed by atoms with van der Waals surface area (Å²) in [5.41, 5.74) is 1.51. The van der Waals surface area contributed by atoms with Crippen molar-refractivity contribution < 1.29 is 18.7 Å². The lowest BCUT2D eigenvalue weighted by atomic mass is 10.1. The summed E-state index contributed by atoms with van der Waals surface area (Å²) in [6.07, 6.45) is 5.06. The first-order chi connectivity index (χ1) is 15.5. The van der Waals surface area contributed by atoms with E-state index in [-0.39, 0.29) is 22.8 Å². The summed E-state index contributed by atoms with van der Waals surface area (Å²) in [5, 5.41) is 0. The molecule has 9 heteroatoms. The van der Waals surface area contributed by atoms with Crippen LogP contribution in [0.4, 0.5) is 16.2 Å². The number of ether oxygens (including phenoxy) is 2. The molecule has 0 radical (unpaired) electrons. The molecular weight excluding hydrogens is 431 g/mol. The molecule has 7 nitrogen and oxygen atoms in total. The number of hydrogen-bond donors (Lipinski definition) is 0. The van der Waals surface area contributed by atoms with Gasteiger partial charge in [0, 0.05) is 43.6 Å². The van der Waals surface area contributed by atoms with Crippen LogP contribution < -0.4 is 9.80 Å². The number of anilines is 2. The number of nitrogens with zero attached hydrogens (tertiary/aromatic N) is 4. The van der Waals surface area contributed by atoms with E-state index < -0.39 is 5.97 Å². The van der Waals surface area contributed by atoms with Gasteiger partial charge in [0.2, 0.25) is 10.8 Å². The van der Waals surface area contributed by atoms with Crippen molar-refractivity contribution >= 4 is 28.6 Å². The number of esters is 1. The van der Waals surface area contributed by atoms with Crippen LogP contribution in [-0.4, -0.2) is 73.4 Å². The van der Waals surface area contributed by atoms with Crippen LogP contribution in [-0.2, 0) is 26.8 Å². The van der Waals surface area contributed by atoms with Crippen LogP contribution in [0, 0.1) is 5.82 Å². The molecule has 0 bridgehead atoms. The van der Waals surface area contributed by atoms with Gasteiger partial charge in [-0.05, 0) is 37.1 Å². The van der Waals surface area contributed by atoms with Gasteiger partial charge in [0.25, 0.3) is 0 Å². The average molecular weight is 460 g/mol. The van der Waals surface area contributed by atoms with E-state index >= 15 is 0 Å². The van der Waals surface area contributed by atoms with Crippen molar-refractivity contribution in [2.75, 3.05) is 55.2 Å². The SMILES string of the molecule is CN(c1nc(N2CC(OC(=O)c3ccc(F)cc3)C2)nc2c1[S+](C)CC2)C1CCOCC1. The van der Waals surface area contributed by atoms with Gasteiger partial charge in [0.1, 0.15) is 29.6 Å². The molecule has 1 aromatic heterocycles. The summed E-state index contributed by atoms with van der Waals surface area (Å²) in [7, 11) is 2.30. The van der Waals surface area contributed by atoms with Crippen molar-refractivity contribution in [3.05, 3.63) is 41.3 Å². The molecule has 0 aliphatic carbocycles. The second-order valence-corrected chi connectivity index (χ2v) is 10.7. The molecular formula is C23H28FN4O3S+. The van der Waals surface area contributed by atoms with Crippen molar-refractivity contribution in [1.29, 1.82) is 0 Å². The highest BCUT2D eigenvalue weighted by molar-refractivity contribution is 7.96. The molecule has 4 heterocycles. The lowest BCUT2D eigenvalue weighted by Gasteiger charge is -2.39. The fourth-order valence-corrected chi connectivity index (χ4v) is 6.21. The highest BCUT2D eigenvalue weighted by atomic mass is 32.2. The first-order valence-electron chi connectivity index (χ1n) is 11.0. The Balaban J connectivity index is 1.29. The number of benzene rings is 1. The number of carbonyl (C=O) groups is 1. The van der Waals surface area contributed by atoms with Crippen LogP contribution in [0.25, 0.3) is 0 Å². The van der Waals surface area contributed by atoms with E-state index in [0.29, 0.717) is 30.6 Å². The molecule has 0 spiro atoms. The van der Waals surface area contributed by atoms with Crippen molar-refractivity contribution in [2.45, 2.75) is 36.3 Å². The second kappa shape index (κ2) is 8.86. The molecule has 3 aliphatic rings. The largest absolute Gasteiger partial charge is 0.455 e. The van der Waals surface area contributed by atoms with E-state index in [1.807, 2.05) is 0 Å². The van der Waals surface area contributed by atoms with E-state index in [0.717, 1.165) is 49.7 Å². The topological polar surface area (TPSA) is 67.8 Å². The van der Waals surface area contributed by atoms with E-state index in [9.17, 15) is 9.18 Å². The van der Waals surface area contributed by atoms with Gasteiger partial charge in [-0.3, -0.25) is 0 Å². The summed E-state index contributed by atoms with van der Waals surface area (Å²) in [4.78, 5) is 27.9. The number of aromatic nitrogens is 2. The van der Waals surface area contributed by atoms with Crippen LogP contribution in [0.1, 0.15) is 28.9 Å². The normalized spacial score (nSPS) is 21.2. The maximum atomic E-state index is 13.1. The van der Waals surface area contributed by atoms with E-state index in [4.69, 9.17) is 19.4 Å². The molecule has 0 saturated carbocycles. The summed E-state index contributed by atoms with van der Waals surface area (Å²) < 4.78 is 24.2. The predicted octanol–water partition coefficient (Wildman–Crippen LogP) is 2.44. The van der Waals surface area contributed by atoms with Gasteiger partial charge in [0.15, 0.2) is 5.82 Å². The Morgan fingerprint density at radius 2 is 1.94 bits per heavy atom. The summed E-state index contributed by atoms with van der Waals surface area (Å²) in [6.45, 7) is 2.70. The maximum Gasteiger partial charge on any atom is 0.338 e. The van der Waals surface area contributed by atoms with E-state index in [2.05, 4.69) is 23.1 Å². The number of fused-ring (bicyclic) bond motifs is 1. The zero-order chi connectivity index (χ0) is 22.2. The predicted molar refractivity (Wildman–Crippen MR) is 122 cm³/mol. The quantitative estimate of drug-likeness (QED) is 0.503. The van der Waals surface area contributed by atoms with Crippen LogP contribution in [0.2, 0.25) is 0 Å². The average Bonchev–Trinajstić information content (AvgIpc) is 3.16. The lowest BCUT2D eigenvalue weighted by molar-refractivity contribution is 0.0231. The van der Waals surface area contributed by atoms with E-state index in [1.165, 1.54) is 29.2 Å². The Kier molecular flexibility index (Phi) is 5.94. The highest BCUT2D eigenvalue weighted by Crippen LogP contribution is 2.36. The number of rotatable bonds is 5. The smallest absolute Gasteiger partial charge is 0.338 e. The fourth-order valence-electron chi connectivity index (χ4n) is 4.46. The monoisotopic (exact) mass is 459 g/mol. The van der Waals surface area contributed by atoms with Gasteiger partial charge in [-0.25, -0.2) is 14.2 Å². The lowest BCUT2D eigenvalue weighted by Crippen LogP contribution is -2.54. The molecule has 170 valence electrons. The van der Waals surface area contributed by atoms with Gasteiger partial charge < -0.3 is 19.3 Å². The molecule has 3 aliphatic heterocycles. The molecule has 0 amide bonds. The molecule has 2 aromatic rings. The van der Waals surface area contributed by atoms with Crippen LogP contribution in [0.5, 0.6) is 0 Å². The Bertz CT molecular complexity index is 993. The molecule has 5 rings (SSSR count). The molecule has 2 saturated heterocycles. The Morgan fingerprint density at radius 3 is 2.66 bits per heavy atom. The zero-order valence-electron chi connectivity index (χ0n) is 18.4. The molecule has 1 atom stereocenters. The first-order valence-corrected chi connectivity index (χ1v) is 12.9. The van der Waals surface area contributed by atoms with Crippen molar-refractivity contribution in [3.63, 3.8) is 0 Å². The highest BCUT2D eigenvalue weighted by Gasteiger charge is 2.40. The van der Waals surface area contributed by atoms with Crippen molar-refractivity contribution in [2.24, 2.45) is 0 Å². The first kappa shape index (κ1) is 21.5. The third-order valence-electron chi connectivity index (χ3n) is 6.46. The van der Waals surface area contributed by atoms with Gasteiger partial charge >= 0.3 is 5.97 Å². The molecule has 1 unspecified atom stereocenters. The van der Waals surface area contributed by atoms with Crippen molar-refractivity contribution in [1.82, 2.24) is 9.97 Å². The molecule has 2 fully saturated rings.